The summed E-state index contributed by atoms with van der Waals surface area (Å²) in [6, 6.07) is 11.5. The van der Waals surface area contributed by atoms with Crippen molar-refractivity contribution in [2.45, 2.75) is 25.3 Å². The van der Waals surface area contributed by atoms with Gasteiger partial charge in [0.2, 0.25) is 0 Å². The first kappa shape index (κ1) is 15.6. The topological polar surface area (TPSA) is 12.0 Å². The van der Waals surface area contributed by atoms with Gasteiger partial charge in [0.1, 0.15) is 0 Å². The van der Waals surface area contributed by atoms with E-state index in [-0.39, 0.29) is 11.5 Å². The number of likely N-dealkylation sites (N-methyl/N-ethyl adjacent to an activating group) is 1. The predicted molar refractivity (Wildman–Crippen MR) is 77.6 cm³/mol. The summed E-state index contributed by atoms with van der Waals surface area (Å²) in [4.78, 5) is 0. The maximum atomic E-state index is 14.1. The van der Waals surface area contributed by atoms with Crippen molar-refractivity contribution in [2.75, 3.05) is 7.05 Å². The molecule has 1 N–H and O–H groups in total. The molecule has 0 radical (unpaired) electrons. The van der Waals surface area contributed by atoms with Crippen molar-refractivity contribution in [1.29, 1.82) is 0 Å². The minimum Gasteiger partial charge on any atom is -0.312 e. The summed E-state index contributed by atoms with van der Waals surface area (Å²) in [7, 11) is 1.69. The molecule has 0 spiro atoms. The Labute approximate surface area is 122 Å². The zero-order valence-corrected chi connectivity index (χ0v) is 12.0. The van der Waals surface area contributed by atoms with Gasteiger partial charge < -0.3 is 5.32 Å². The Morgan fingerprint density at radius 1 is 0.952 bits per heavy atom. The second kappa shape index (κ2) is 6.76. The van der Waals surface area contributed by atoms with Crippen molar-refractivity contribution in [3.05, 3.63) is 71.0 Å². The van der Waals surface area contributed by atoms with Crippen LogP contribution in [0.3, 0.4) is 0 Å². The number of halogens is 3. The van der Waals surface area contributed by atoms with Crippen molar-refractivity contribution < 1.29 is 13.2 Å². The van der Waals surface area contributed by atoms with Gasteiger partial charge in [-0.25, -0.2) is 13.2 Å². The van der Waals surface area contributed by atoms with Crippen LogP contribution in [0.25, 0.3) is 0 Å². The molecule has 0 aliphatic rings. The van der Waals surface area contributed by atoms with E-state index < -0.39 is 23.5 Å². The minimum atomic E-state index is -1.42. The maximum absolute atomic E-state index is 14.1. The van der Waals surface area contributed by atoms with Gasteiger partial charge >= 0.3 is 0 Å². The zero-order chi connectivity index (χ0) is 15.4. The molecular formula is C17H18F3N. The molecule has 0 fully saturated rings. The lowest BCUT2D eigenvalue weighted by molar-refractivity contribution is 0.406. The molecule has 0 saturated heterocycles. The number of hydrogen-bond acceptors (Lipinski definition) is 1. The largest absolute Gasteiger partial charge is 0.312 e. The van der Waals surface area contributed by atoms with Crippen LogP contribution in [-0.4, -0.2) is 7.05 Å². The van der Waals surface area contributed by atoms with Gasteiger partial charge in [0.25, 0.3) is 0 Å². The monoisotopic (exact) mass is 293 g/mol. The fraction of sp³-hybridized carbons (Fsp3) is 0.294. The Morgan fingerprint density at radius 3 is 2.19 bits per heavy atom. The molecule has 0 aliphatic carbocycles. The van der Waals surface area contributed by atoms with Crippen LogP contribution in [0.5, 0.6) is 0 Å². The van der Waals surface area contributed by atoms with Crippen LogP contribution in [0.15, 0.2) is 42.5 Å². The molecule has 2 aromatic carbocycles. The highest BCUT2D eigenvalue weighted by molar-refractivity contribution is 5.30. The first-order chi connectivity index (χ1) is 10.1. The Kier molecular flexibility index (Phi) is 5.02. The summed E-state index contributed by atoms with van der Waals surface area (Å²) < 4.78 is 40.6. The third-order valence-corrected chi connectivity index (χ3v) is 3.78. The average Bonchev–Trinajstić information content (AvgIpc) is 2.52. The minimum absolute atomic E-state index is 0.0319. The molecule has 0 saturated carbocycles. The lowest BCUT2D eigenvalue weighted by Crippen LogP contribution is -2.25. The standard InChI is InChI=1S/C17H18F3N/c1-3-12(11-7-5-4-6-8-11)17(21-2)13-9-10-14(18)16(20)15(13)19/h4-10,12,17,21H,3H2,1-2H3. The molecule has 2 atom stereocenters. The molecule has 1 nitrogen and oxygen atoms in total. The molecule has 0 amide bonds. The molecule has 0 aliphatic heterocycles. The molecular weight excluding hydrogens is 275 g/mol. The van der Waals surface area contributed by atoms with Crippen LogP contribution in [0, 0.1) is 17.5 Å². The maximum Gasteiger partial charge on any atom is 0.194 e. The van der Waals surface area contributed by atoms with Gasteiger partial charge in [-0.1, -0.05) is 43.3 Å². The first-order valence-corrected chi connectivity index (χ1v) is 6.95. The van der Waals surface area contributed by atoms with Crippen LogP contribution in [0.2, 0.25) is 0 Å². The molecule has 0 bridgehead atoms. The molecule has 2 rings (SSSR count). The third-order valence-electron chi connectivity index (χ3n) is 3.78. The van der Waals surface area contributed by atoms with E-state index in [1.165, 1.54) is 6.07 Å². The molecule has 21 heavy (non-hydrogen) atoms. The smallest absolute Gasteiger partial charge is 0.194 e. The van der Waals surface area contributed by atoms with Crippen LogP contribution in [0.1, 0.15) is 36.4 Å². The molecule has 4 heteroatoms. The van der Waals surface area contributed by atoms with Crippen molar-refractivity contribution in [2.24, 2.45) is 0 Å². The highest BCUT2D eigenvalue weighted by atomic mass is 19.2. The van der Waals surface area contributed by atoms with E-state index in [1.807, 2.05) is 37.3 Å². The van der Waals surface area contributed by atoms with Crippen molar-refractivity contribution in [3.8, 4) is 0 Å². The Balaban J connectivity index is 2.45. The average molecular weight is 293 g/mol. The normalized spacial score (nSPS) is 14.0. The van der Waals surface area contributed by atoms with Crippen LogP contribution in [0.4, 0.5) is 13.2 Å². The summed E-state index contributed by atoms with van der Waals surface area (Å²) in [5.41, 5.74) is 1.18. The van der Waals surface area contributed by atoms with Crippen molar-refractivity contribution in [3.63, 3.8) is 0 Å². The highest BCUT2D eigenvalue weighted by Gasteiger charge is 2.26. The van der Waals surface area contributed by atoms with Crippen LogP contribution in [-0.2, 0) is 0 Å². The van der Waals surface area contributed by atoms with Crippen LogP contribution >= 0.6 is 0 Å². The number of nitrogens with one attached hydrogen (secondary N) is 1. The molecule has 0 aromatic heterocycles. The second-order valence-electron chi connectivity index (χ2n) is 4.96. The molecule has 112 valence electrons. The van der Waals surface area contributed by atoms with Gasteiger partial charge in [-0.3, -0.25) is 0 Å². The fourth-order valence-corrected chi connectivity index (χ4v) is 2.72. The van der Waals surface area contributed by atoms with E-state index >= 15 is 0 Å². The summed E-state index contributed by atoms with van der Waals surface area (Å²) in [6.07, 6.45) is 0.744. The van der Waals surface area contributed by atoms with Gasteiger partial charge in [-0.15, -0.1) is 0 Å². The number of rotatable bonds is 5. The van der Waals surface area contributed by atoms with E-state index in [0.717, 1.165) is 18.1 Å². The molecule has 2 aromatic rings. The van der Waals surface area contributed by atoms with E-state index in [4.69, 9.17) is 0 Å². The number of hydrogen-bond donors (Lipinski definition) is 1. The lowest BCUT2D eigenvalue weighted by Gasteiger charge is -2.27. The Bertz CT molecular complexity index is 598. The van der Waals surface area contributed by atoms with Crippen molar-refractivity contribution in [1.82, 2.24) is 5.32 Å². The van der Waals surface area contributed by atoms with E-state index in [9.17, 15) is 13.2 Å². The van der Waals surface area contributed by atoms with Crippen LogP contribution < -0.4 is 5.32 Å². The fourth-order valence-electron chi connectivity index (χ4n) is 2.72. The second-order valence-corrected chi connectivity index (χ2v) is 4.96. The molecule has 2 unspecified atom stereocenters. The predicted octanol–water partition coefficient (Wildman–Crippen LogP) is 4.56. The van der Waals surface area contributed by atoms with E-state index in [0.29, 0.717) is 0 Å². The summed E-state index contributed by atoms with van der Waals surface area (Å²) in [5, 5.41) is 3.03. The molecule has 0 heterocycles. The third kappa shape index (κ3) is 3.10. The van der Waals surface area contributed by atoms with Gasteiger partial charge in [0.15, 0.2) is 17.5 Å². The lowest BCUT2D eigenvalue weighted by atomic mass is 9.85. The Hall–Kier alpha value is -1.81. The summed E-state index contributed by atoms with van der Waals surface area (Å²) in [5.74, 6) is -3.74. The van der Waals surface area contributed by atoms with Crippen molar-refractivity contribution >= 4 is 0 Å². The van der Waals surface area contributed by atoms with Gasteiger partial charge in [-0.05, 0) is 25.1 Å². The van der Waals surface area contributed by atoms with Gasteiger partial charge in [0.05, 0.1) is 0 Å². The van der Waals surface area contributed by atoms with Gasteiger partial charge in [-0.2, -0.15) is 0 Å². The first-order valence-electron chi connectivity index (χ1n) is 6.95. The van der Waals surface area contributed by atoms with E-state index in [1.54, 1.807) is 7.05 Å². The zero-order valence-electron chi connectivity index (χ0n) is 12.0. The number of benzene rings is 2. The Morgan fingerprint density at radius 2 is 1.62 bits per heavy atom. The van der Waals surface area contributed by atoms with E-state index in [2.05, 4.69) is 5.32 Å². The summed E-state index contributed by atoms with van der Waals surface area (Å²) in [6.45, 7) is 1.99. The van der Waals surface area contributed by atoms with Gasteiger partial charge in [0, 0.05) is 17.5 Å². The highest BCUT2D eigenvalue weighted by Crippen LogP contribution is 2.35. The SMILES string of the molecule is CCC(c1ccccc1)C(NC)c1ccc(F)c(F)c1F. The quantitative estimate of drug-likeness (QED) is 0.797. The summed E-state index contributed by atoms with van der Waals surface area (Å²) >= 11 is 0.